The SMILES string of the molecule is Cc1cc(N2C[C@H](S(=O)(=O)c3ccc(OCC(F)(F)F)cc3C)C[C@H]2C(=O)NC2(C#N)CC2)n(C2CCC2)n1. The van der Waals surface area contributed by atoms with Crippen molar-refractivity contribution in [3.05, 3.63) is 35.5 Å². The van der Waals surface area contributed by atoms with E-state index in [1.807, 2.05) is 17.7 Å². The van der Waals surface area contributed by atoms with Crippen LogP contribution in [0.25, 0.3) is 0 Å². The molecule has 1 amide bonds. The molecule has 2 aliphatic carbocycles. The van der Waals surface area contributed by atoms with Crippen LogP contribution in [0.1, 0.15) is 55.8 Å². The number of nitriles is 1. The first kappa shape index (κ1) is 27.3. The van der Waals surface area contributed by atoms with Crippen LogP contribution in [-0.4, -0.2) is 60.3 Å². The molecule has 13 heteroatoms. The number of carbonyl (C=O) groups excluding carboxylic acids is 1. The van der Waals surface area contributed by atoms with Gasteiger partial charge < -0.3 is 15.0 Å². The maximum absolute atomic E-state index is 13.8. The minimum atomic E-state index is -4.52. The molecule has 1 N–H and O–H groups in total. The maximum atomic E-state index is 13.8. The average molecular weight is 566 g/mol. The summed E-state index contributed by atoms with van der Waals surface area (Å²) < 4.78 is 71.9. The Morgan fingerprint density at radius 1 is 1.26 bits per heavy atom. The van der Waals surface area contributed by atoms with Crippen molar-refractivity contribution in [2.45, 2.75) is 86.3 Å². The second-order valence-electron chi connectivity index (χ2n) is 10.8. The van der Waals surface area contributed by atoms with Gasteiger partial charge in [0.2, 0.25) is 5.91 Å². The molecule has 1 aliphatic heterocycles. The minimum absolute atomic E-state index is 0.00364. The monoisotopic (exact) mass is 565 g/mol. The van der Waals surface area contributed by atoms with Crippen LogP contribution in [-0.2, 0) is 14.6 Å². The minimum Gasteiger partial charge on any atom is -0.484 e. The predicted octanol–water partition coefficient (Wildman–Crippen LogP) is 3.76. The van der Waals surface area contributed by atoms with E-state index >= 15 is 0 Å². The fourth-order valence-electron chi connectivity index (χ4n) is 5.23. The van der Waals surface area contributed by atoms with Crippen molar-refractivity contribution < 1.29 is 31.1 Å². The molecular formula is C26H30F3N5O4S. The van der Waals surface area contributed by atoms with E-state index in [-0.39, 0.29) is 35.2 Å². The number of hydrogen-bond acceptors (Lipinski definition) is 7. The van der Waals surface area contributed by atoms with Gasteiger partial charge >= 0.3 is 6.18 Å². The zero-order valence-electron chi connectivity index (χ0n) is 21.7. The van der Waals surface area contributed by atoms with Gasteiger partial charge in [0.15, 0.2) is 16.4 Å². The number of nitrogens with one attached hydrogen (secondary N) is 1. The van der Waals surface area contributed by atoms with E-state index in [0.717, 1.165) is 25.0 Å². The van der Waals surface area contributed by atoms with Gasteiger partial charge in [-0.25, -0.2) is 13.1 Å². The first-order chi connectivity index (χ1) is 18.3. The van der Waals surface area contributed by atoms with Crippen molar-refractivity contribution >= 4 is 21.6 Å². The van der Waals surface area contributed by atoms with Crippen LogP contribution >= 0.6 is 0 Å². The van der Waals surface area contributed by atoms with Crippen LogP contribution < -0.4 is 15.0 Å². The van der Waals surface area contributed by atoms with Gasteiger partial charge in [0.1, 0.15) is 23.1 Å². The molecule has 2 atom stereocenters. The molecule has 1 aromatic heterocycles. The Kier molecular flexibility index (Phi) is 6.81. The number of ether oxygens (including phenoxy) is 1. The summed E-state index contributed by atoms with van der Waals surface area (Å²) in [4.78, 5) is 15.2. The van der Waals surface area contributed by atoms with Crippen molar-refractivity contribution in [2.75, 3.05) is 18.1 Å². The number of nitrogens with zero attached hydrogens (tertiary/aromatic N) is 4. The summed E-state index contributed by atoms with van der Waals surface area (Å²) >= 11 is 0. The average Bonchev–Trinajstić information content (AvgIpc) is 3.27. The third-order valence-corrected chi connectivity index (χ3v) is 10.0. The van der Waals surface area contributed by atoms with Gasteiger partial charge in [-0.15, -0.1) is 0 Å². The fourth-order valence-corrected chi connectivity index (χ4v) is 7.14. The Balaban J connectivity index is 1.44. The van der Waals surface area contributed by atoms with E-state index in [0.29, 0.717) is 18.7 Å². The highest BCUT2D eigenvalue weighted by atomic mass is 32.2. The van der Waals surface area contributed by atoms with E-state index < -0.39 is 45.4 Å². The highest BCUT2D eigenvalue weighted by Gasteiger charge is 2.50. The molecule has 1 aromatic carbocycles. The molecule has 2 heterocycles. The summed E-state index contributed by atoms with van der Waals surface area (Å²) in [5.41, 5.74) is 0.0985. The van der Waals surface area contributed by atoms with Gasteiger partial charge in [-0.1, -0.05) is 0 Å². The first-order valence-corrected chi connectivity index (χ1v) is 14.5. The molecule has 1 saturated heterocycles. The Labute approximate surface area is 224 Å². The summed E-state index contributed by atoms with van der Waals surface area (Å²) in [6.07, 6.45) is -0.473. The number of anilines is 1. The van der Waals surface area contributed by atoms with E-state index in [1.165, 1.54) is 25.1 Å². The van der Waals surface area contributed by atoms with Crippen LogP contribution in [0, 0.1) is 25.2 Å². The second kappa shape index (κ2) is 9.73. The number of amides is 1. The summed E-state index contributed by atoms with van der Waals surface area (Å²) in [5.74, 6) is 0.183. The molecule has 5 rings (SSSR count). The zero-order chi connectivity index (χ0) is 28.2. The number of sulfone groups is 1. The smallest absolute Gasteiger partial charge is 0.422 e. The highest BCUT2D eigenvalue weighted by molar-refractivity contribution is 7.92. The van der Waals surface area contributed by atoms with Crippen LogP contribution in [0.15, 0.2) is 29.2 Å². The third kappa shape index (κ3) is 5.44. The molecular weight excluding hydrogens is 535 g/mol. The molecule has 2 saturated carbocycles. The number of carbonyl (C=O) groups is 1. The first-order valence-electron chi connectivity index (χ1n) is 12.9. The molecule has 9 nitrogen and oxygen atoms in total. The van der Waals surface area contributed by atoms with Crippen molar-refractivity contribution in [2.24, 2.45) is 0 Å². The van der Waals surface area contributed by atoms with Crippen molar-refractivity contribution in [3.8, 4) is 11.8 Å². The lowest BCUT2D eigenvalue weighted by Gasteiger charge is -2.32. The van der Waals surface area contributed by atoms with Gasteiger partial charge in [0, 0.05) is 12.6 Å². The number of halogens is 3. The van der Waals surface area contributed by atoms with E-state index in [4.69, 9.17) is 4.74 Å². The lowest BCUT2D eigenvalue weighted by Crippen LogP contribution is -2.48. The lowest BCUT2D eigenvalue weighted by atomic mass is 9.93. The van der Waals surface area contributed by atoms with Crippen molar-refractivity contribution in [3.63, 3.8) is 0 Å². The third-order valence-electron chi connectivity index (χ3n) is 7.74. The van der Waals surface area contributed by atoms with E-state index in [2.05, 4.69) is 16.5 Å². The Bertz CT molecular complexity index is 1420. The van der Waals surface area contributed by atoms with Crippen LogP contribution in [0.2, 0.25) is 0 Å². The number of aryl methyl sites for hydroxylation is 2. The number of aromatic nitrogens is 2. The molecule has 0 spiro atoms. The molecule has 0 radical (unpaired) electrons. The van der Waals surface area contributed by atoms with E-state index in [9.17, 15) is 31.6 Å². The Morgan fingerprint density at radius 3 is 2.54 bits per heavy atom. The predicted molar refractivity (Wildman–Crippen MR) is 135 cm³/mol. The van der Waals surface area contributed by atoms with E-state index in [1.54, 1.807) is 4.90 Å². The molecule has 3 aliphatic rings. The van der Waals surface area contributed by atoms with Crippen molar-refractivity contribution in [1.29, 1.82) is 5.26 Å². The van der Waals surface area contributed by atoms with Gasteiger partial charge in [0.05, 0.1) is 28.0 Å². The summed E-state index contributed by atoms with van der Waals surface area (Å²) in [7, 11) is -3.98. The number of alkyl halides is 3. The van der Waals surface area contributed by atoms with Gasteiger partial charge in [-0.3, -0.25) is 4.79 Å². The van der Waals surface area contributed by atoms with Gasteiger partial charge in [0.25, 0.3) is 0 Å². The number of rotatable bonds is 8. The largest absolute Gasteiger partial charge is 0.484 e. The Hall–Kier alpha value is -3.27. The van der Waals surface area contributed by atoms with Crippen LogP contribution in [0.4, 0.5) is 19.0 Å². The topological polar surface area (TPSA) is 117 Å². The molecule has 39 heavy (non-hydrogen) atoms. The standard InChI is InChI=1S/C26H30F3N5O4S/c1-16-10-19(38-15-26(27,28)29)6-7-22(16)39(36,37)20-12-21(24(35)31-25(14-30)8-9-25)33(13-20)23-11-17(2)32-34(23)18-4-3-5-18/h6-7,10-11,18,20-21H,3-5,8-9,12-13,15H2,1-2H3,(H,31,35)/t20-,21+/m1/s1. The molecule has 3 fully saturated rings. The normalized spacial score (nSPS) is 22.7. The van der Waals surface area contributed by atoms with Crippen LogP contribution in [0.3, 0.4) is 0 Å². The highest BCUT2D eigenvalue weighted by Crippen LogP contribution is 2.40. The summed E-state index contributed by atoms with van der Waals surface area (Å²) in [6.45, 7) is 1.90. The molecule has 0 bridgehead atoms. The number of benzene rings is 1. The number of hydrogen-bond donors (Lipinski definition) is 1. The van der Waals surface area contributed by atoms with Crippen LogP contribution in [0.5, 0.6) is 5.75 Å². The summed E-state index contributed by atoms with van der Waals surface area (Å²) in [5, 5.41) is 16.0. The molecule has 0 unspecified atom stereocenters. The summed E-state index contributed by atoms with van der Waals surface area (Å²) in [6, 6.07) is 7.07. The van der Waals surface area contributed by atoms with Crippen molar-refractivity contribution in [1.82, 2.24) is 15.1 Å². The quantitative estimate of drug-likeness (QED) is 0.518. The fraction of sp³-hybridized carbons (Fsp3) is 0.577. The second-order valence-corrected chi connectivity index (χ2v) is 13.0. The Morgan fingerprint density at radius 2 is 1.97 bits per heavy atom. The maximum Gasteiger partial charge on any atom is 0.422 e. The van der Waals surface area contributed by atoms with Gasteiger partial charge in [-0.05, 0) is 76.1 Å². The molecule has 2 aromatic rings. The van der Waals surface area contributed by atoms with Gasteiger partial charge in [-0.2, -0.15) is 23.5 Å². The zero-order valence-corrected chi connectivity index (χ0v) is 22.5. The lowest BCUT2D eigenvalue weighted by molar-refractivity contribution is -0.153. The molecule has 210 valence electrons.